The third kappa shape index (κ3) is 6.17. The SMILES string of the molecule is CC(C)(C)c1cc(NC(=O)Nc2ccc(Cc3ccncc3)cc2)n(-c2ccc(S(C)(=O)=O)cc2)n1. The van der Waals surface area contributed by atoms with Gasteiger partial charge in [0.25, 0.3) is 0 Å². The van der Waals surface area contributed by atoms with Crippen molar-refractivity contribution >= 4 is 27.4 Å². The van der Waals surface area contributed by atoms with Crippen LogP contribution in [-0.2, 0) is 21.7 Å². The number of sulfone groups is 1. The number of anilines is 2. The van der Waals surface area contributed by atoms with Gasteiger partial charge < -0.3 is 5.32 Å². The molecule has 36 heavy (non-hydrogen) atoms. The minimum atomic E-state index is -3.32. The Bertz CT molecular complexity index is 1450. The molecule has 0 spiro atoms. The average Bonchev–Trinajstić information content (AvgIpc) is 3.25. The lowest BCUT2D eigenvalue weighted by atomic mass is 9.92. The Morgan fingerprint density at radius 1 is 0.889 bits per heavy atom. The second-order valence-electron chi connectivity index (χ2n) is 9.65. The van der Waals surface area contributed by atoms with Crippen LogP contribution in [0.1, 0.15) is 37.6 Å². The standard InChI is InChI=1S/C27H29N5O3S/c1-27(2,3)24-18-25(32(31-24)22-9-11-23(12-10-22)36(4,34)35)30-26(33)29-21-7-5-19(6-8-21)17-20-13-15-28-16-14-20/h5-16,18H,17H2,1-4H3,(H2,29,30,33). The molecule has 4 aromatic rings. The molecule has 0 aliphatic carbocycles. The molecular weight excluding hydrogens is 474 g/mol. The van der Waals surface area contributed by atoms with Gasteiger partial charge in [0.2, 0.25) is 0 Å². The lowest BCUT2D eigenvalue weighted by molar-refractivity contribution is 0.262. The molecule has 0 radical (unpaired) electrons. The van der Waals surface area contributed by atoms with Crippen LogP contribution in [0.3, 0.4) is 0 Å². The summed E-state index contributed by atoms with van der Waals surface area (Å²) in [6, 6.07) is 19.4. The van der Waals surface area contributed by atoms with Gasteiger partial charge >= 0.3 is 6.03 Å². The molecule has 2 N–H and O–H groups in total. The van der Waals surface area contributed by atoms with Crippen molar-refractivity contribution in [1.29, 1.82) is 0 Å². The topological polar surface area (TPSA) is 106 Å². The summed E-state index contributed by atoms with van der Waals surface area (Å²) in [6.45, 7) is 6.09. The third-order valence-electron chi connectivity index (χ3n) is 5.60. The maximum Gasteiger partial charge on any atom is 0.324 e. The fraction of sp³-hybridized carbons (Fsp3) is 0.222. The van der Waals surface area contributed by atoms with E-state index >= 15 is 0 Å². The van der Waals surface area contributed by atoms with Gasteiger partial charge in [-0.3, -0.25) is 10.3 Å². The van der Waals surface area contributed by atoms with E-state index in [0.29, 0.717) is 17.2 Å². The van der Waals surface area contributed by atoms with E-state index in [2.05, 4.69) is 20.7 Å². The molecule has 2 amide bonds. The zero-order valence-electron chi connectivity index (χ0n) is 20.7. The van der Waals surface area contributed by atoms with Crippen LogP contribution in [0.15, 0.2) is 84.0 Å². The van der Waals surface area contributed by atoms with Gasteiger partial charge in [0.15, 0.2) is 9.84 Å². The van der Waals surface area contributed by atoms with Gasteiger partial charge in [-0.2, -0.15) is 5.10 Å². The molecule has 8 nitrogen and oxygen atoms in total. The van der Waals surface area contributed by atoms with Gasteiger partial charge in [-0.15, -0.1) is 0 Å². The molecule has 2 aromatic carbocycles. The highest BCUT2D eigenvalue weighted by molar-refractivity contribution is 7.90. The van der Waals surface area contributed by atoms with Gasteiger partial charge in [0.05, 0.1) is 16.3 Å². The van der Waals surface area contributed by atoms with Crippen LogP contribution in [0.4, 0.5) is 16.3 Å². The number of benzene rings is 2. The predicted octanol–water partition coefficient (Wildman–Crippen LogP) is 5.20. The second-order valence-corrected chi connectivity index (χ2v) is 11.7. The summed E-state index contributed by atoms with van der Waals surface area (Å²) in [5.74, 6) is 0.471. The van der Waals surface area contributed by atoms with E-state index in [0.717, 1.165) is 29.5 Å². The number of hydrogen-bond acceptors (Lipinski definition) is 5. The highest BCUT2D eigenvalue weighted by Crippen LogP contribution is 2.27. The summed E-state index contributed by atoms with van der Waals surface area (Å²) in [7, 11) is -3.32. The zero-order chi connectivity index (χ0) is 25.9. The van der Waals surface area contributed by atoms with E-state index in [1.165, 1.54) is 12.1 Å². The smallest absolute Gasteiger partial charge is 0.308 e. The first-order valence-corrected chi connectivity index (χ1v) is 13.3. The number of carbonyl (C=O) groups is 1. The van der Waals surface area contributed by atoms with Crippen molar-refractivity contribution < 1.29 is 13.2 Å². The zero-order valence-corrected chi connectivity index (χ0v) is 21.5. The van der Waals surface area contributed by atoms with Gasteiger partial charge in [-0.25, -0.2) is 17.9 Å². The van der Waals surface area contributed by atoms with Crippen molar-refractivity contribution in [2.45, 2.75) is 37.5 Å². The molecule has 0 aliphatic rings. The second kappa shape index (κ2) is 9.94. The molecule has 186 valence electrons. The van der Waals surface area contributed by atoms with Crippen molar-refractivity contribution in [3.05, 3.63) is 95.9 Å². The normalized spacial score (nSPS) is 11.8. The number of pyridine rings is 1. The summed E-state index contributed by atoms with van der Waals surface area (Å²) in [5, 5.41) is 10.4. The van der Waals surface area contributed by atoms with Crippen LogP contribution in [0.2, 0.25) is 0 Å². The number of aromatic nitrogens is 3. The van der Waals surface area contributed by atoms with Crippen LogP contribution >= 0.6 is 0 Å². The van der Waals surface area contributed by atoms with Gasteiger partial charge in [0.1, 0.15) is 5.82 Å². The minimum Gasteiger partial charge on any atom is -0.308 e. The lowest BCUT2D eigenvalue weighted by Crippen LogP contribution is -2.21. The Morgan fingerprint density at radius 2 is 1.50 bits per heavy atom. The molecule has 0 bridgehead atoms. The Labute approximate surface area is 211 Å². The maximum absolute atomic E-state index is 12.8. The number of urea groups is 1. The molecule has 0 saturated heterocycles. The highest BCUT2D eigenvalue weighted by atomic mass is 32.2. The molecule has 0 atom stereocenters. The molecule has 4 rings (SSSR count). The molecule has 2 aromatic heterocycles. The average molecular weight is 504 g/mol. The number of nitrogens with one attached hydrogen (secondary N) is 2. The summed E-state index contributed by atoms with van der Waals surface area (Å²) in [6.07, 6.45) is 5.48. The van der Waals surface area contributed by atoms with Crippen molar-refractivity contribution in [1.82, 2.24) is 14.8 Å². The van der Waals surface area contributed by atoms with Gasteiger partial charge in [-0.05, 0) is 66.1 Å². The van der Waals surface area contributed by atoms with Crippen LogP contribution < -0.4 is 10.6 Å². The minimum absolute atomic E-state index is 0.217. The first kappa shape index (κ1) is 25.1. The number of rotatable bonds is 6. The first-order chi connectivity index (χ1) is 17.0. The summed E-state index contributed by atoms with van der Waals surface area (Å²) in [5.41, 5.74) is 4.11. The fourth-order valence-electron chi connectivity index (χ4n) is 3.59. The molecule has 9 heteroatoms. The quantitative estimate of drug-likeness (QED) is 0.376. The third-order valence-corrected chi connectivity index (χ3v) is 6.73. The van der Waals surface area contributed by atoms with E-state index in [4.69, 9.17) is 0 Å². The lowest BCUT2D eigenvalue weighted by Gasteiger charge is -2.14. The molecule has 0 saturated carbocycles. The monoisotopic (exact) mass is 503 g/mol. The van der Waals surface area contributed by atoms with Crippen LogP contribution in [-0.4, -0.2) is 35.5 Å². The molecule has 0 fully saturated rings. The largest absolute Gasteiger partial charge is 0.324 e. The number of amides is 2. The Morgan fingerprint density at radius 3 is 2.08 bits per heavy atom. The first-order valence-electron chi connectivity index (χ1n) is 11.5. The van der Waals surface area contributed by atoms with Crippen molar-refractivity contribution in [2.24, 2.45) is 0 Å². The Hall–Kier alpha value is -3.98. The fourth-order valence-corrected chi connectivity index (χ4v) is 4.22. The number of hydrogen-bond donors (Lipinski definition) is 2. The molecule has 2 heterocycles. The maximum atomic E-state index is 12.8. The van der Waals surface area contributed by atoms with Crippen LogP contribution in [0, 0.1) is 0 Å². The van der Waals surface area contributed by atoms with E-state index in [9.17, 15) is 13.2 Å². The van der Waals surface area contributed by atoms with Gasteiger partial charge in [-0.1, -0.05) is 32.9 Å². The summed E-state index contributed by atoms with van der Waals surface area (Å²) < 4.78 is 25.3. The number of carbonyl (C=O) groups excluding carboxylic acids is 1. The predicted molar refractivity (Wildman–Crippen MR) is 142 cm³/mol. The Balaban J connectivity index is 1.51. The summed E-state index contributed by atoms with van der Waals surface area (Å²) in [4.78, 5) is 17.1. The number of nitrogens with zero attached hydrogens (tertiary/aromatic N) is 3. The van der Waals surface area contributed by atoms with Crippen molar-refractivity contribution in [3.63, 3.8) is 0 Å². The van der Waals surface area contributed by atoms with Gasteiger partial charge in [0, 0.05) is 35.8 Å². The van der Waals surface area contributed by atoms with E-state index in [1.54, 1.807) is 29.2 Å². The van der Waals surface area contributed by atoms with E-state index in [1.807, 2.05) is 63.2 Å². The summed E-state index contributed by atoms with van der Waals surface area (Å²) >= 11 is 0. The van der Waals surface area contributed by atoms with Crippen molar-refractivity contribution in [2.75, 3.05) is 16.9 Å². The van der Waals surface area contributed by atoms with E-state index in [-0.39, 0.29) is 10.3 Å². The molecule has 0 aliphatic heterocycles. The molecular formula is C27H29N5O3S. The Kier molecular flexibility index (Phi) is 6.94. The van der Waals surface area contributed by atoms with Crippen LogP contribution in [0.25, 0.3) is 5.69 Å². The molecule has 0 unspecified atom stereocenters. The van der Waals surface area contributed by atoms with Crippen LogP contribution in [0.5, 0.6) is 0 Å². The van der Waals surface area contributed by atoms with E-state index < -0.39 is 15.9 Å². The van der Waals surface area contributed by atoms with Crippen molar-refractivity contribution in [3.8, 4) is 5.69 Å². The highest BCUT2D eigenvalue weighted by Gasteiger charge is 2.22.